The second-order valence-electron chi connectivity index (χ2n) is 8.67. The van der Waals surface area contributed by atoms with Gasteiger partial charge in [-0.15, -0.1) is 0 Å². The lowest BCUT2D eigenvalue weighted by molar-refractivity contribution is 0.125. The van der Waals surface area contributed by atoms with Crippen LogP contribution in [-0.4, -0.2) is 12.1 Å². The van der Waals surface area contributed by atoms with Crippen molar-refractivity contribution in [2.24, 2.45) is 21.9 Å². The average molecular weight is 588 g/mol. The first kappa shape index (κ1) is 22.9. The maximum absolute atomic E-state index is 14.8. The van der Waals surface area contributed by atoms with Gasteiger partial charge in [-0.3, -0.25) is 0 Å². The van der Waals surface area contributed by atoms with Gasteiger partial charge < -0.3 is 0 Å². The first-order chi connectivity index (χ1) is 12.3. The van der Waals surface area contributed by atoms with E-state index in [1.165, 1.54) is 44.9 Å². The van der Waals surface area contributed by atoms with Crippen molar-refractivity contribution in [3.63, 3.8) is 0 Å². The Balaban J connectivity index is 1.82. The van der Waals surface area contributed by atoms with Crippen molar-refractivity contribution in [1.29, 1.82) is 5.53 Å². The van der Waals surface area contributed by atoms with Crippen molar-refractivity contribution in [2.75, 3.05) is 0 Å². The summed E-state index contributed by atoms with van der Waals surface area (Å²) >= 11 is 2.04. The molecular formula is C21H35FI2N2. The Kier molecular flexibility index (Phi) is 8.27. The van der Waals surface area contributed by atoms with Crippen molar-refractivity contribution < 1.29 is 4.39 Å². The highest BCUT2D eigenvalue weighted by Crippen LogP contribution is 2.70. The second-order valence-corrected chi connectivity index (χ2v) is 12.9. The summed E-state index contributed by atoms with van der Waals surface area (Å²) < 4.78 is 18.4. The predicted molar refractivity (Wildman–Crippen MR) is 128 cm³/mol. The molecule has 0 saturated heterocycles. The molecule has 150 valence electrons. The van der Waals surface area contributed by atoms with E-state index in [0.717, 1.165) is 31.4 Å². The van der Waals surface area contributed by atoms with Gasteiger partial charge in [0.15, 0.2) is 3.68 Å². The molecule has 2 saturated carbocycles. The van der Waals surface area contributed by atoms with E-state index >= 15 is 0 Å². The van der Waals surface area contributed by atoms with Crippen molar-refractivity contribution >= 4 is 47.8 Å². The highest BCUT2D eigenvalue weighted by molar-refractivity contribution is 14.2. The largest absolute Gasteiger partial charge is 0.232 e. The van der Waals surface area contributed by atoms with Crippen LogP contribution in [0.4, 0.5) is 4.39 Å². The van der Waals surface area contributed by atoms with Crippen LogP contribution in [0.3, 0.4) is 0 Å². The van der Waals surface area contributed by atoms with Gasteiger partial charge in [0.2, 0.25) is 0 Å². The van der Waals surface area contributed by atoms with E-state index in [9.17, 15) is 4.39 Å². The number of alkyl halides is 3. The first-order valence-corrected chi connectivity index (χ1v) is 13.9. The first-order valence-electron chi connectivity index (χ1n) is 10.1. The van der Waals surface area contributed by atoms with Gasteiger partial charge in [0, 0.05) is 15.8 Å². The van der Waals surface area contributed by atoms with Gasteiger partial charge >= 0.3 is 0 Å². The maximum Gasteiger partial charge on any atom is 0.162 e. The van der Waals surface area contributed by atoms with Gasteiger partial charge in [0.1, 0.15) is 0 Å². The molecule has 0 spiro atoms. The summed E-state index contributed by atoms with van der Waals surface area (Å²) in [5.41, 5.74) is 8.25. The predicted octanol–water partition coefficient (Wildman–Crippen LogP) is 8.35. The topological polar surface area (TPSA) is 36.2 Å². The van der Waals surface area contributed by atoms with Crippen LogP contribution >= 0.6 is 43.3 Å². The minimum Gasteiger partial charge on any atom is -0.232 e. The Labute approximate surface area is 182 Å². The third-order valence-corrected chi connectivity index (χ3v) is 11.1. The molecule has 2 nitrogen and oxygen atoms in total. The Bertz CT molecular complexity index is 530. The molecule has 0 heterocycles. The van der Waals surface area contributed by atoms with Crippen LogP contribution < -0.4 is 0 Å². The molecule has 0 amide bonds. The normalized spacial score (nSPS) is 37.9. The minimum atomic E-state index is -0.879. The molecule has 0 aliphatic heterocycles. The number of nitrogens with one attached hydrogen (secondary N) is 1. The second kappa shape index (κ2) is 9.40. The Morgan fingerprint density at radius 1 is 1.35 bits per heavy atom. The van der Waals surface area contributed by atoms with Crippen LogP contribution in [0.25, 0.3) is 0 Å². The van der Waals surface area contributed by atoms with Gasteiger partial charge in [0.25, 0.3) is 0 Å². The van der Waals surface area contributed by atoms with Gasteiger partial charge in [-0.05, 0) is 69.1 Å². The molecule has 0 aromatic rings. The molecule has 5 heteroatoms. The third-order valence-electron chi connectivity index (χ3n) is 7.30. The van der Waals surface area contributed by atoms with E-state index < -0.39 is 24.4 Å². The Morgan fingerprint density at radius 3 is 2.46 bits per heavy atom. The number of hydrogen-bond donors (Lipinski definition) is 1. The smallest absolute Gasteiger partial charge is 0.162 e. The lowest BCUT2D eigenvalue weighted by Crippen LogP contribution is -2.28. The summed E-state index contributed by atoms with van der Waals surface area (Å²) in [6.45, 7) is 8.37. The third kappa shape index (κ3) is 5.15. The fourth-order valence-electron chi connectivity index (χ4n) is 4.96. The molecule has 0 aromatic carbocycles. The summed E-state index contributed by atoms with van der Waals surface area (Å²) in [6, 6.07) is 0. The SMILES string of the molecule is C=IC1(F)CC1(CC)CC(I)CCC1(CC)CCC(CC(=C)N=N)CC1. The summed E-state index contributed by atoms with van der Waals surface area (Å²) in [5, 5.41) is 3.49. The Morgan fingerprint density at radius 2 is 2.00 bits per heavy atom. The van der Waals surface area contributed by atoms with Gasteiger partial charge in [-0.1, -0.05) is 74.7 Å². The summed E-state index contributed by atoms with van der Waals surface area (Å²) in [7, 11) is 0. The molecule has 0 radical (unpaired) electrons. The van der Waals surface area contributed by atoms with Crippen molar-refractivity contribution in [1.82, 2.24) is 0 Å². The number of rotatable bonds is 11. The van der Waals surface area contributed by atoms with E-state index in [1.807, 2.05) is 0 Å². The molecule has 2 aliphatic carbocycles. The molecule has 3 atom stereocenters. The van der Waals surface area contributed by atoms with Gasteiger partial charge in [-0.2, -0.15) is 5.11 Å². The average Bonchev–Trinajstić information content (AvgIpc) is 3.26. The highest BCUT2D eigenvalue weighted by Gasteiger charge is 2.66. The zero-order chi connectivity index (χ0) is 19.4. The van der Waals surface area contributed by atoms with Crippen LogP contribution in [0, 0.1) is 22.3 Å². The van der Waals surface area contributed by atoms with Gasteiger partial charge in [0.05, 0.1) is 5.70 Å². The minimum absolute atomic E-state index is 0.0367. The molecule has 26 heavy (non-hydrogen) atoms. The number of nitrogens with zero attached hydrogens (tertiary/aromatic N) is 1. The fraction of sp³-hybridized carbons (Fsp3) is 0.857. The molecule has 2 aliphatic rings. The zero-order valence-electron chi connectivity index (χ0n) is 16.4. The molecule has 0 bridgehead atoms. The molecule has 0 aromatic heterocycles. The molecule has 2 fully saturated rings. The summed E-state index contributed by atoms with van der Waals surface area (Å²) in [6.07, 6.45) is 12.5. The van der Waals surface area contributed by atoms with Crippen LogP contribution in [0.2, 0.25) is 0 Å². The standard InChI is InChI=1S/C21H35FI2N2/c1-5-19(10-7-17(8-11-19)13-16(3)26-25)12-9-18(23)14-20(6-2)15-21(20,22)24-4/h17-18,25H,3-15H2,1-2H3. The number of halogens is 3. The van der Waals surface area contributed by atoms with Gasteiger partial charge in [-0.25, -0.2) is 9.92 Å². The lowest BCUT2D eigenvalue weighted by Gasteiger charge is -2.40. The van der Waals surface area contributed by atoms with Crippen molar-refractivity contribution in [3.8, 4) is 0 Å². The quantitative estimate of drug-likeness (QED) is 0.143. The summed E-state index contributed by atoms with van der Waals surface area (Å²) in [4.78, 5) is 0. The number of allylic oxidation sites excluding steroid dienone is 1. The van der Waals surface area contributed by atoms with E-state index in [-0.39, 0.29) is 5.41 Å². The van der Waals surface area contributed by atoms with Crippen LogP contribution in [-0.2, 0) is 0 Å². The van der Waals surface area contributed by atoms with Crippen LogP contribution in [0.5, 0.6) is 0 Å². The van der Waals surface area contributed by atoms with E-state index in [2.05, 4.69) is 52.6 Å². The lowest BCUT2D eigenvalue weighted by atomic mass is 9.65. The Hall–Kier alpha value is 0.600. The van der Waals surface area contributed by atoms with Crippen LogP contribution in [0.15, 0.2) is 17.4 Å². The molecule has 2 rings (SSSR count). The fourth-order valence-corrected chi connectivity index (χ4v) is 8.53. The van der Waals surface area contributed by atoms with Crippen LogP contribution in [0.1, 0.15) is 84.5 Å². The molecular weight excluding hydrogens is 553 g/mol. The molecule has 3 unspecified atom stereocenters. The summed E-state index contributed by atoms with van der Waals surface area (Å²) in [5.74, 6) is 0.662. The monoisotopic (exact) mass is 588 g/mol. The van der Waals surface area contributed by atoms with Crippen molar-refractivity contribution in [3.05, 3.63) is 12.3 Å². The number of hydrogen-bond acceptors (Lipinski definition) is 2. The zero-order valence-corrected chi connectivity index (χ0v) is 20.7. The van der Waals surface area contributed by atoms with E-state index in [4.69, 9.17) is 5.53 Å². The van der Waals surface area contributed by atoms with Crippen molar-refractivity contribution in [2.45, 2.75) is 92.1 Å². The molecule has 1 N–H and O–H groups in total. The van der Waals surface area contributed by atoms with E-state index in [0.29, 0.717) is 15.3 Å². The highest BCUT2D eigenvalue weighted by atomic mass is 127. The maximum atomic E-state index is 14.8. The van der Waals surface area contributed by atoms with E-state index in [1.54, 1.807) is 0 Å².